The van der Waals surface area contributed by atoms with E-state index in [2.05, 4.69) is 15.9 Å². The summed E-state index contributed by atoms with van der Waals surface area (Å²) in [4.78, 5) is 13.0. The Hall–Kier alpha value is -1.46. The molecular weight excluding hydrogens is 352 g/mol. The van der Waals surface area contributed by atoms with E-state index in [4.69, 9.17) is 4.74 Å². The van der Waals surface area contributed by atoms with Crippen LogP contribution in [0.2, 0.25) is 0 Å². The maximum atomic E-state index is 12.5. The van der Waals surface area contributed by atoms with Crippen LogP contribution in [0.15, 0.2) is 57.9 Å². The molecule has 2 atom stereocenters. The lowest BCUT2D eigenvalue weighted by Gasteiger charge is -2.11. The molecule has 2 aromatic carbocycles. The molecule has 21 heavy (non-hydrogen) atoms. The first-order valence-electron chi connectivity index (χ1n) is 6.37. The smallest absolute Gasteiger partial charge is 0.178 e. The third-order valence-corrected chi connectivity index (χ3v) is 5.20. The summed E-state index contributed by atoms with van der Waals surface area (Å²) in [5, 5.41) is -0.613. The molecule has 0 amide bonds. The summed E-state index contributed by atoms with van der Waals surface area (Å²) in [7, 11) is 0.137. The Balaban J connectivity index is 2.22. The van der Waals surface area contributed by atoms with Gasteiger partial charge in [0.15, 0.2) is 5.78 Å². The normalized spacial score (nSPS) is 13.5. The van der Waals surface area contributed by atoms with E-state index in [9.17, 15) is 9.00 Å². The van der Waals surface area contributed by atoms with E-state index >= 15 is 0 Å². The fourth-order valence-corrected chi connectivity index (χ4v) is 3.32. The van der Waals surface area contributed by atoms with Gasteiger partial charge in [-0.05, 0) is 37.3 Å². The average Bonchev–Trinajstić information content (AvgIpc) is 2.53. The first-order chi connectivity index (χ1) is 10.0. The molecule has 0 saturated carbocycles. The van der Waals surface area contributed by atoms with E-state index in [1.807, 2.05) is 0 Å². The molecule has 0 aliphatic heterocycles. The fourth-order valence-electron chi connectivity index (χ4n) is 1.88. The highest BCUT2D eigenvalue weighted by Crippen LogP contribution is 2.20. The van der Waals surface area contributed by atoms with E-state index < -0.39 is 16.0 Å². The summed E-state index contributed by atoms with van der Waals surface area (Å²) in [6, 6.07) is 14.0. The molecule has 0 aliphatic rings. The van der Waals surface area contributed by atoms with E-state index in [0.29, 0.717) is 16.2 Å². The highest BCUT2D eigenvalue weighted by molar-refractivity contribution is 9.10. The van der Waals surface area contributed by atoms with Gasteiger partial charge in [-0.15, -0.1) is 0 Å². The fraction of sp³-hybridized carbons (Fsp3) is 0.188. The molecular formula is C16H15BrO3S. The number of Topliss-reactive ketones (excluding diaryl/α,β-unsaturated/α-hetero) is 1. The number of hydrogen-bond acceptors (Lipinski definition) is 3. The summed E-state index contributed by atoms with van der Waals surface area (Å²) in [6.07, 6.45) is 0. The standard InChI is InChI=1S/C16H15BrO3S/c1-11(16(18)12-6-8-13(17)9-7-12)21(19)15-5-3-4-14(10-15)20-2/h3-11H,1-2H3. The summed E-state index contributed by atoms with van der Waals surface area (Å²) in [6.45, 7) is 1.68. The second kappa shape index (κ2) is 7.00. The van der Waals surface area contributed by atoms with E-state index in [1.54, 1.807) is 62.6 Å². The number of benzene rings is 2. The van der Waals surface area contributed by atoms with Crippen molar-refractivity contribution in [3.63, 3.8) is 0 Å². The van der Waals surface area contributed by atoms with E-state index in [0.717, 1.165) is 4.47 Å². The molecule has 0 aromatic heterocycles. The Kier molecular flexibility index (Phi) is 5.31. The molecule has 0 aliphatic carbocycles. The first kappa shape index (κ1) is 15.9. The van der Waals surface area contributed by atoms with Gasteiger partial charge >= 0.3 is 0 Å². The summed E-state index contributed by atoms with van der Waals surface area (Å²) in [5.74, 6) is 0.493. The van der Waals surface area contributed by atoms with Crippen molar-refractivity contribution in [3.05, 3.63) is 58.6 Å². The van der Waals surface area contributed by atoms with E-state index in [1.165, 1.54) is 0 Å². The summed E-state index contributed by atoms with van der Waals surface area (Å²) < 4.78 is 18.5. The van der Waals surface area contributed by atoms with Crippen molar-refractivity contribution in [3.8, 4) is 5.75 Å². The van der Waals surface area contributed by atoms with Crippen molar-refractivity contribution in [2.45, 2.75) is 17.1 Å². The van der Waals surface area contributed by atoms with Crippen LogP contribution in [-0.2, 0) is 10.8 Å². The van der Waals surface area contributed by atoms with Gasteiger partial charge in [-0.3, -0.25) is 9.00 Å². The number of hydrogen-bond donors (Lipinski definition) is 0. The molecule has 0 heterocycles. The molecule has 5 heteroatoms. The average molecular weight is 367 g/mol. The van der Waals surface area contributed by atoms with Crippen LogP contribution >= 0.6 is 15.9 Å². The lowest BCUT2D eigenvalue weighted by molar-refractivity contribution is 0.0992. The van der Waals surface area contributed by atoms with Gasteiger partial charge in [0, 0.05) is 14.9 Å². The zero-order chi connectivity index (χ0) is 15.4. The maximum absolute atomic E-state index is 12.5. The SMILES string of the molecule is COc1cccc(S(=O)C(C)C(=O)c2ccc(Br)cc2)c1. The lowest BCUT2D eigenvalue weighted by atomic mass is 10.1. The van der Waals surface area contributed by atoms with Gasteiger partial charge in [0.05, 0.1) is 23.2 Å². The van der Waals surface area contributed by atoms with Gasteiger partial charge in [0.2, 0.25) is 0 Å². The third kappa shape index (κ3) is 3.80. The Morgan fingerprint density at radius 2 is 1.86 bits per heavy atom. The highest BCUT2D eigenvalue weighted by Gasteiger charge is 2.23. The molecule has 0 fully saturated rings. The predicted molar refractivity (Wildman–Crippen MR) is 87.3 cm³/mol. The zero-order valence-corrected chi connectivity index (χ0v) is 14.1. The predicted octanol–water partition coefficient (Wildman–Crippen LogP) is 3.84. The number of rotatable bonds is 5. The van der Waals surface area contributed by atoms with Crippen LogP contribution in [0.25, 0.3) is 0 Å². The molecule has 110 valence electrons. The quantitative estimate of drug-likeness (QED) is 0.755. The first-order valence-corrected chi connectivity index (χ1v) is 8.38. The van der Waals surface area contributed by atoms with Gasteiger partial charge in [-0.25, -0.2) is 0 Å². The molecule has 0 radical (unpaired) electrons. The van der Waals surface area contributed by atoms with Crippen molar-refractivity contribution in [1.82, 2.24) is 0 Å². The number of ketones is 1. The number of methoxy groups -OCH3 is 1. The van der Waals surface area contributed by atoms with Gasteiger partial charge in [0.25, 0.3) is 0 Å². The molecule has 0 saturated heterocycles. The van der Waals surface area contributed by atoms with Crippen molar-refractivity contribution in [2.75, 3.05) is 7.11 Å². The molecule has 2 unspecified atom stereocenters. The summed E-state index contributed by atoms with van der Waals surface area (Å²) in [5.41, 5.74) is 0.557. The van der Waals surface area contributed by atoms with Crippen LogP contribution in [0.5, 0.6) is 5.75 Å². The lowest BCUT2D eigenvalue weighted by Crippen LogP contribution is -2.22. The summed E-state index contributed by atoms with van der Waals surface area (Å²) >= 11 is 3.33. The van der Waals surface area contributed by atoms with Crippen LogP contribution in [0.3, 0.4) is 0 Å². The second-order valence-electron chi connectivity index (χ2n) is 4.49. The zero-order valence-electron chi connectivity index (χ0n) is 11.7. The minimum atomic E-state index is -1.42. The number of carbonyl (C=O) groups is 1. The monoisotopic (exact) mass is 366 g/mol. The Morgan fingerprint density at radius 1 is 1.19 bits per heavy atom. The number of ether oxygens (including phenoxy) is 1. The van der Waals surface area contributed by atoms with Crippen LogP contribution in [0.1, 0.15) is 17.3 Å². The maximum Gasteiger partial charge on any atom is 0.178 e. The van der Waals surface area contributed by atoms with E-state index in [-0.39, 0.29) is 5.78 Å². The van der Waals surface area contributed by atoms with Crippen LogP contribution < -0.4 is 4.74 Å². The largest absolute Gasteiger partial charge is 0.497 e. The Bertz CT molecular complexity index is 667. The van der Waals surface area contributed by atoms with Crippen LogP contribution in [-0.4, -0.2) is 22.4 Å². The van der Waals surface area contributed by atoms with Gasteiger partial charge in [0.1, 0.15) is 5.75 Å². The second-order valence-corrected chi connectivity index (χ2v) is 7.18. The minimum Gasteiger partial charge on any atom is -0.497 e. The number of halogens is 1. The van der Waals surface area contributed by atoms with Crippen molar-refractivity contribution < 1.29 is 13.7 Å². The molecule has 0 N–H and O–H groups in total. The highest BCUT2D eigenvalue weighted by atomic mass is 79.9. The topological polar surface area (TPSA) is 43.4 Å². The molecule has 0 bridgehead atoms. The van der Waals surface area contributed by atoms with Crippen molar-refractivity contribution in [1.29, 1.82) is 0 Å². The molecule has 3 nitrogen and oxygen atoms in total. The molecule has 2 rings (SSSR count). The van der Waals surface area contributed by atoms with Crippen LogP contribution in [0.4, 0.5) is 0 Å². The molecule has 2 aromatic rings. The molecule has 0 spiro atoms. The van der Waals surface area contributed by atoms with Crippen molar-refractivity contribution >= 4 is 32.5 Å². The van der Waals surface area contributed by atoms with Crippen molar-refractivity contribution in [2.24, 2.45) is 0 Å². The Morgan fingerprint density at radius 3 is 2.48 bits per heavy atom. The number of carbonyl (C=O) groups excluding carboxylic acids is 1. The van der Waals surface area contributed by atoms with Gasteiger partial charge in [-0.1, -0.05) is 34.1 Å². The Labute approximate surface area is 134 Å². The van der Waals surface area contributed by atoms with Crippen LogP contribution in [0, 0.1) is 0 Å². The van der Waals surface area contributed by atoms with Gasteiger partial charge < -0.3 is 4.74 Å². The minimum absolute atomic E-state index is 0.136. The van der Waals surface area contributed by atoms with Gasteiger partial charge in [-0.2, -0.15) is 0 Å². The third-order valence-electron chi connectivity index (χ3n) is 3.09.